The molecule has 1 aliphatic rings. The maximum atomic E-state index is 14.3. The van der Waals surface area contributed by atoms with Crippen LogP contribution in [0.4, 0.5) is 4.39 Å². The third kappa shape index (κ3) is 7.10. The summed E-state index contributed by atoms with van der Waals surface area (Å²) in [7, 11) is 1.58. The Morgan fingerprint density at radius 2 is 1.75 bits per heavy atom. The van der Waals surface area contributed by atoms with E-state index in [4.69, 9.17) is 24.3 Å². The summed E-state index contributed by atoms with van der Waals surface area (Å²) >= 11 is 3.63. The molecule has 1 heterocycles. The van der Waals surface area contributed by atoms with Crippen LogP contribution in [0, 0.1) is 5.82 Å². The number of aliphatic hydroxyl groups excluding tert-OH is 1. The van der Waals surface area contributed by atoms with Gasteiger partial charge in [-0.3, -0.25) is 10.2 Å². The summed E-state index contributed by atoms with van der Waals surface area (Å²) in [5, 5.41) is 9.05. The van der Waals surface area contributed by atoms with Gasteiger partial charge in [-0.25, -0.2) is 14.8 Å². The summed E-state index contributed by atoms with van der Waals surface area (Å²) in [6.07, 6.45) is -0.122. The lowest BCUT2D eigenvalue weighted by Gasteiger charge is -2.31. The number of aliphatic imine (C=N–C) groups is 1. The molecule has 0 saturated carbocycles. The largest absolute Gasteiger partial charge is 0.497 e. The van der Waals surface area contributed by atoms with Crippen LogP contribution in [0.3, 0.4) is 0 Å². The second-order valence-electron chi connectivity index (χ2n) is 10.2. The van der Waals surface area contributed by atoms with Crippen molar-refractivity contribution in [3.8, 4) is 11.5 Å². The van der Waals surface area contributed by atoms with Crippen LogP contribution in [-0.2, 0) is 22.5 Å². The van der Waals surface area contributed by atoms with Crippen LogP contribution in [0.2, 0.25) is 0 Å². The van der Waals surface area contributed by atoms with Gasteiger partial charge in [-0.15, -0.1) is 0 Å². The highest BCUT2D eigenvalue weighted by atomic mass is 79.9. The van der Waals surface area contributed by atoms with Crippen LogP contribution in [0.15, 0.2) is 107 Å². The highest BCUT2D eigenvalue weighted by Crippen LogP contribution is 2.44. The Bertz CT molecular complexity index is 1620. The van der Waals surface area contributed by atoms with Gasteiger partial charge in [-0.1, -0.05) is 64.5 Å². The molecule has 0 aliphatic carbocycles. The lowest BCUT2D eigenvalue weighted by molar-refractivity contribution is -0.130. The van der Waals surface area contributed by atoms with Crippen molar-refractivity contribution in [2.24, 2.45) is 4.99 Å². The maximum Gasteiger partial charge on any atom is 0.266 e. The van der Waals surface area contributed by atoms with Gasteiger partial charge in [0.1, 0.15) is 17.3 Å². The van der Waals surface area contributed by atoms with E-state index in [1.807, 2.05) is 60.7 Å². The molecule has 0 fully saturated rings. The molecule has 3 N–H and O–H groups in total. The van der Waals surface area contributed by atoms with E-state index >= 15 is 0 Å². The SMILES string of the molecule is COc1cccc([C@@H]2OC(c3ccc(OCCCO)cc3)=N[C@]2(Cc2ccccc2Br)C(=O)NNCc2ccccc2F)c1. The van der Waals surface area contributed by atoms with E-state index in [-0.39, 0.29) is 31.3 Å². The Morgan fingerprint density at radius 3 is 2.48 bits per heavy atom. The predicted octanol–water partition coefficient (Wildman–Crippen LogP) is 5.68. The zero-order valence-corrected chi connectivity index (χ0v) is 25.7. The van der Waals surface area contributed by atoms with Crippen molar-refractivity contribution in [3.63, 3.8) is 0 Å². The zero-order valence-electron chi connectivity index (χ0n) is 24.1. The number of halogens is 2. The van der Waals surface area contributed by atoms with E-state index < -0.39 is 17.6 Å². The molecule has 0 radical (unpaired) electrons. The highest BCUT2D eigenvalue weighted by Gasteiger charge is 2.53. The fraction of sp³-hybridized carbons (Fsp3) is 0.235. The van der Waals surface area contributed by atoms with Gasteiger partial charge >= 0.3 is 0 Å². The van der Waals surface area contributed by atoms with Gasteiger partial charge in [0, 0.05) is 41.6 Å². The van der Waals surface area contributed by atoms with Gasteiger partial charge in [0.25, 0.3) is 5.91 Å². The molecule has 8 nitrogen and oxygen atoms in total. The lowest BCUT2D eigenvalue weighted by atomic mass is 9.82. The van der Waals surface area contributed by atoms with Crippen molar-refractivity contribution < 1.29 is 28.5 Å². The molecule has 5 rings (SSSR count). The molecule has 44 heavy (non-hydrogen) atoms. The van der Waals surface area contributed by atoms with Gasteiger partial charge in [-0.2, -0.15) is 0 Å². The molecule has 0 spiro atoms. The van der Waals surface area contributed by atoms with Crippen molar-refractivity contribution >= 4 is 27.7 Å². The summed E-state index contributed by atoms with van der Waals surface area (Å²) < 4.78 is 32.9. The number of benzene rings is 4. The van der Waals surface area contributed by atoms with Crippen molar-refractivity contribution in [1.82, 2.24) is 10.9 Å². The Labute approximate surface area is 264 Å². The molecular weight excluding hydrogens is 629 g/mol. The fourth-order valence-electron chi connectivity index (χ4n) is 4.99. The van der Waals surface area contributed by atoms with Crippen LogP contribution in [-0.4, -0.2) is 42.8 Å². The van der Waals surface area contributed by atoms with Crippen LogP contribution in [0.5, 0.6) is 11.5 Å². The van der Waals surface area contributed by atoms with Crippen LogP contribution in [0.1, 0.15) is 34.8 Å². The molecule has 0 saturated heterocycles. The van der Waals surface area contributed by atoms with E-state index in [0.717, 1.165) is 10.0 Å². The number of nitrogens with zero attached hydrogens (tertiary/aromatic N) is 1. The minimum Gasteiger partial charge on any atom is -0.497 e. The number of carbonyl (C=O) groups is 1. The number of hydrogen-bond donors (Lipinski definition) is 3. The monoisotopic (exact) mass is 661 g/mol. The Balaban J connectivity index is 1.54. The topological polar surface area (TPSA) is 101 Å². The van der Waals surface area contributed by atoms with Gasteiger partial charge in [0.15, 0.2) is 11.6 Å². The van der Waals surface area contributed by atoms with Crippen molar-refractivity contribution in [2.45, 2.75) is 31.0 Å². The van der Waals surface area contributed by atoms with E-state index in [1.165, 1.54) is 6.07 Å². The number of carbonyl (C=O) groups excluding carboxylic acids is 1. The number of rotatable bonds is 13. The van der Waals surface area contributed by atoms with Crippen molar-refractivity contribution in [1.29, 1.82) is 0 Å². The Kier molecular flexibility index (Phi) is 10.3. The van der Waals surface area contributed by atoms with Gasteiger partial charge in [0.05, 0.1) is 13.7 Å². The van der Waals surface area contributed by atoms with E-state index in [0.29, 0.717) is 41.2 Å². The van der Waals surface area contributed by atoms with E-state index in [9.17, 15) is 9.18 Å². The van der Waals surface area contributed by atoms with Gasteiger partial charge in [-0.05, 0) is 59.7 Å². The minimum atomic E-state index is -1.47. The maximum absolute atomic E-state index is 14.3. The smallest absolute Gasteiger partial charge is 0.266 e. The number of amides is 1. The summed E-state index contributed by atoms with van der Waals surface area (Å²) in [5.74, 6) is 0.712. The van der Waals surface area contributed by atoms with Crippen LogP contribution in [0.25, 0.3) is 0 Å². The molecule has 0 unspecified atom stereocenters. The second-order valence-corrected chi connectivity index (χ2v) is 11.1. The summed E-state index contributed by atoms with van der Waals surface area (Å²) in [6.45, 7) is 0.508. The molecule has 0 aromatic heterocycles. The minimum absolute atomic E-state index is 0.0468. The quantitative estimate of drug-likeness (QED) is 0.126. The molecule has 10 heteroatoms. The molecule has 4 aromatic carbocycles. The first-order valence-corrected chi connectivity index (χ1v) is 15.0. The molecule has 0 bridgehead atoms. The average molecular weight is 663 g/mol. The third-order valence-electron chi connectivity index (χ3n) is 7.28. The number of hydrazine groups is 1. The standard InChI is InChI=1S/C34H33BrFN3O5/c1-42-28-11-6-10-24(20-28)31-34(21-25-8-2-4-12-29(25)35,33(41)39-37-22-26-9-3-5-13-30(26)36)38-32(44-31)23-14-16-27(17-15-23)43-19-7-18-40/h2-6,8-17,20,31,37,40H,7,18-19,21-22H2,1H3,(H,39,41)/t31-,34-/m0/s1. The first-order valence-electron chi connectivity index (χ1n) is 14.2. The third-order valence-corrected chi connectivity index (χ3v) is 8.06. The first kappa shape index (κ1) is 31.2. The lowest BCUT2D eigenvalue weighted by Crippen LogP contribution is -2.53. The summed E-state index contributed by atoms with van der Waals surface area (Å²) in [4.78, 5) is 19.4. The van der Waals surface area contributed by atoms with Gasteiger partial charge in [0.2, 0.25) is 5.90 Å². The molecule has 228 valence electrons. The summed E-state index contributed by atoms with van der Waals surface area (Å²) in [5.41, 5.74) is 6.83. The fourth-order valence-corrected chi connectivity index (χ4v) is 5.41. The average Bonchev–Trinajstić information content (AvgIpc) is 3.44. The van der Waals surface area contributed by atoms with Crippen LogP contribution >= 0.6 is 15.9 Å². The molecule has 2 atom stereocenters. The second kappa shape index (κ2) is 14.5. The number of nitrogens with one attached hydrogen (secondary N) is 2. The highest BCUT2D eigenvalue weighted by molar-refractivity contribution is 9.10. The van der Waals surface area contributed by atoms with Crippen molar-refractivity contribution in [3.05, 3.63) is 130 Å². The van der Waals surface area contributed by atoms with E-state index in [2.05, 4.69) is 26.8 Å². The molecule has 4 aromatic rings. The normalized spacial score (nSPS) is 17.5. The van der Waals surface area contributed by atoms with E-state index in [1.54, 1.807) is 37.4 Å². The first-order chi connectivity index (χ1) is 21.4. The molecular formula is C34H33BrFN3O5. The number of hydrogen-bond acceptors (Lipinski definition) is 7. The molecule has 1 aliphatic heterocycles. The van der Waals surface area contributed by atoms with Gasteiger partial charge < -0.3 is 19.3 Å². The molecule has 1 amide bonds. The Morgan fingerprint density at radius 1 is 1.00 bits per heavy atom. The number of aliphatic hydroxyl groups is 1. The van der Waals surface area contributed by atoms with Crippen molar-refractivity contribution in [2.75, 3.05) is 20.3 Å². The number of methoxy groups -OCH3 is 1. The van der Waals surface area contributed by atoms with Crippen LogP contribution < -0.4 is 20.3 Å². The zero-order chi connectivity index (χ0) is 30.9. The Hall–Kier alpha value is -4.25. The predicted molar refractivity (Wildman–Crippen MR) is 169 cm³/mol. The summed E-state index contributed by atoms with van der Waals surface area (Å²) in [6, 6.07) is 28.6. The number of ether oxygens (including phenoxy) is 3.